The van der Waals surface area contributed by atoms with E-state index in [4.69, 9.17) is 13.9 Å². The van der Waals surface area contributed by atoms with Crippen LogP contribution in [-0.2, 0) is 17.6 Å². The molecule has 28 heavy (non-hydrogen) atoms. The molecule has 5 heteroatoms. The number of methoxy groups -OCH3 is 1. The lowest BCUT2D eigenvalue weighted by Crippen LogP contribution is -2.23. The third-order valence-corrected chi connectivity index (χ3v) is 5.91. The smallest absolute Gasteiger partial charge is 0.339 e. The summed E-state index contributed by atoms with van der Waals surface area (Å²) in [5, 5.41) is 0.778. The van der Waals surface area contributed by atoms with Crippen LogP contribution in [0.3, 0.4) is 0 Å². The van der Waals surface area contributed by atoms with Crippen molar-refractivity contribution in [1.82, 2.24) is 0 Å². The molecule has 5 rings (SSSR count). The van der Waals surface area contributed by atoms with Gasteiger partial charge in [0.1, 0.15) is 17.1 Å². The van der Waals surface area contributed by atoms with Gasteiger partial charge in [0.15, 0.2) is 0 Å². The molecule has 1 unspecified atom stereocenters. The van der Waals surface area contributed by atoms with Gasteiger partial charge < -0.3 is 13.9 Å². The van der Waals surface area contributed by atoms with Crippen LogP contribution in [0.4, 0.5) is 0 Å². The van der Waals surface area contributed by atoms with Crippen LogP contribution < -0.4 is 15.1 Å². The van der Waals surface area contributed by atoms with E-state index in [0.717, 1.165) is 46.2 Å². The Morgan fingerprint density at radius 2 is 1.89 bits per heavy atom. The number of rotatable bonds is 2. The summed E-state index contributed by atoms with van der Waals surface area (Å²) in [6.45, 7) is 1.97. The number of esters is 1. The van der Waals surface area contributed by atoms with Crippen molar-refractivity contribution in [3.8, 4) is 11.5 Å². The van der Waals surface area contributed by atoms with Gasteiger partial charge in [-0.25, -0.2) is 4.79 Å². The van der Waals surface area contributed by atoms with Crippen molar-refractivity contribution in [2.75, 3.05) is 7.11 Å². The van der Waals surface area contributed by atoms with Crippen molar-refractivity contribution in [2.24, 2.45) is 0 Å². The first-order chi connectivity index (χ1) is 13.6. The molecule has 0 saturated carbocycles. The number of carbonyl (C=O) groups excluding carboxylic acids is 1. The third kappa shape index (κ3) is 2.39. The highest BCUT2D eigenvalue weighted by Crippen LogP contribution is 2.48. The molecule has 0 spiro atoms. The van der Waals surface area contributed by atoms with E-state index in [1.807, 2.05) is 37.3 Å². The zero-order valence-corrected chi connectivity index (χ0v) is 15.8. The van der Waals surface area contributed by atoms with Gasteiger partial charge in [0.2, 0.25) is 0 Å². The number of ether oxygens (including phenoxy) is 2. The fraction of sp³-hybridized carbons (Fsp3) is 0.304. The minimum atomic E-state index is -0.284. The zero-order valence-electron chi connectivity index (χ0n) is 15.8. The number of aryl methyl sites for hydroxylation is 2. The first-order valence-corrected chi connectivity index (χ1v) is 9.54. The van der Waals surface area contributed by atoms with Crippen molar-refractivity contribution >= 4 is 16.9 Å². The molecule has 0 bridgehead atoms. The predicted octanol–water partition coefficient (Wildman–Crippen LogP) is 4.04. The van der Waals surface area contributed by atoms with Crippen molar-refractivity contribution in [3.63, 3.8) is 0 Å². The highest BCUT2D eigenvalue weighted by atomic mass is 16.5. The normalized spacial score (nSPS) is 17.9. The molecule has 0 fully saturated rings. The Balaban J connectivity index is 1.85. The molecular formula is C23H20O5. The molecule has 0 amide bonds. The fourth-order valence-electron chi connectivity index (χ4n) is 4.73. The van der Waals surface area contributed by atoms with Crippen molar-refractivity contribution in [1.29, 1.82) is 0 Å². The first kappa shape index (κ1) is 17.0. The molecule has 0 radical (unpaired) electrons. The van der Waals surface area contributed by atoms with Crippen LogP contribution >= 0.6 is 0 Å². The number of para-hydroxylation sites is 1. The molecule has 3 aromatic rings. The van der Waals surface area contributed by atoms with Crippen LogP contribution in [0.2, 0.25) is 0 Å². The standard InChI is InChI=1S/C23H20O5/c1-12-10-18-21(14-7-5-8-15(14)23(25)27-18)22-20(12)16(11-19(24)28-22)13-6-3-4-9-17(13)26-2/h3-4,6,9-10,16H,5,7-8,11H2,1-2H3. The van der Waals surface area contributed by atoms with Crippen molar-refractivity contribution in [3.05, 3.63) is 68.6 Å². The second-order valence-electron chi connectivity index (χ2n) is 7.48. The molecule has 1 aliphatic carbocycles. The molecule has 5 nitrogen and oxygen atoms in total. The van der Waals surface area contributed by atoms with Gasteiger partial charge in [0, 0.05) is 22.6 Å². The second-order valence-corrected chi connectivity index (χ2v) is 7.48. The average molecular weight is 376 g/mol. The molecule has 1 atom stereocenters. The molecule has 0 N–H and O–H groups in total. The first-order valence-electron chi connectivity index (χ1n) is 9.54. The second kappa shape index (κ2) is 6.23. The van der Waals surface area contributed by atoms with Gasteiger partial charge in [0.05, 0.1) is 18.9 Å². The maximum Gasteiger partial charge on any atom is 0.339 e. The minimum absolute atomic E-state index is 0.166. The quantitative estimate of drug-likeness (QED) is 0.384. The van der Waals surface area contributed by atoms with Gasteiger partial charge in [-0.1, -0.05) is 18.2 Å². The van der Waals surface area contributed by atoms with E-state index in [1.165, 1.54) is 0 Å². The number of hydrogen-bond donors (Lipinski definition) is 0. The molecule has 2 aliphatic rings. The molecule has 1 aliphatic heterocycles. The number of carbonyl (C=O) groups is 1. The van der Waals surface area contributed by atoms with Crippen LogP contribution in [-0.4, -0.2) is 13.1 Å². The van der Waals surface area contributed by atoms with E-state index in [1.54, 1.807) is 7.11 Å². The SMILES string of the molecule is COc1ccccc1C1CC(=O)Oc2c1c(C)cc1oc(=O)c3c(c21)CCC3. The van der Waals surface area contributed by atoms with Crippen molar-refractivity contribution < 1.29 is 18.7 Å². The van der Waals surface area contributed by atoms with Crippen LogP contribution in [0.5, 0.6) is 11.5 Å². The van der Waals surface area contributed by atoms with Gasteiger partial charge in [-0.15, -0.1) is 0 Å². The molecule has 2 heterocycles. The maximum absolute atomic E-state index is 12.6. The Labute approximate surface area is 161 Å². The van der Waals surface area contributed by atoms with Crippen LogP contribution in [0.1, 0.15) is 46.6 Å². The Morgan fingerprint density at radius 3 is 2.71 bits per heavy atom. The lowest BCUT2D eigenvalue weighted by Gasteiger charge is -2.29. The highest BCUT2D eigenvalue weighted by Gasteiger charge is 2.35. The number of hydrogen-bond acceptors (Lipinski definition) is 5. The maximum atomic E-state index is 12.6. The summed E-state index contributed by atoms with van der Waals surface area (Å²) in [5.41, 5.74) is 4.77. The average Bonchev–Trinajstić information content (AvgIpc) is 3.17. The van der Waals surface area contributed by atoms with Gasteiger partial charge in [-0.3, -0.25) is 4.79 Å². The van der Waals surface area contributed by atoms with Gasteiger partial charge in [0.25, 0.3) is 0 Å². The van der Waals surface area contributed by atoms with E-state index in [-0.39, 0.29) is 23.9 Å². The predicted molar refractivity (Wildman–Crippen MR) is 104 cm³/mol. The fourth-order valence-corrected chi connectivity index (χ4v) is 4.73. The Kier molecular flexibility index (Phi) is 3.79. The largest absolute Gasteiger partial charge is 0.496 e. The van der Waals surface area contributed by atoms with E-state index in [2.05, 4.69) is 0 Å². The summed E-state index contributed by atoms with van der Waals surface area (Å²) < 4.78 is 16.9. The lowest BCUT2D eigenvalue weighted by molar-refractivity contribution is -0.135. The Hall–Kier alpha value is -3.08. The molecular weight excluding hydrogens is 356 g/mol. The lowest BCUT2D eigenvalue weighted by atomic mass is 9.82. The summed E-state index contributed by atoms with van der Waals surface area (Å²) in [6.07, 6.45) is 2.66. The third-order valence-electron chi connectivity index (χ3n) is 5.91. The van der Waals surface area contributed by atoms with E-state index >= 15 is 0 Å². The van der Waals surface area contributed by atoms with Crippen LogP contribution in [0.25, 0.3) is 11.0 Å². The summed E-state index contributed by atoms with van der Waals surface area (Å²) in [7, 11) is 1.63. The summed E-state index contributed by atoms with van der Waals surface area (Å²) in [5.74, 6) is 0.843. The molecule has 2 aromatic carbocycles. The van der Waals surface area contributed by atoms with Gasteiger partial charge >= 0.3 is 11.6 Å². The Bertz CT molecular complexity index is 1190. The van der Waals surface area contributed by atoms with Crippen molar-refractivity contribution in [2.45, 2.75) is 38.5 Å². The molecule has 142 valence electrons. The number of benzene rings is 2. The highest BCUT2D eigenvalue weighted by molar-refractivity contribution is 5.95. The van der Waals surface area contributed by atoms with E-state index in [0.29, 0.717) is 23.3 Å². The Morgan fingerprint density at radius 1 is 1.11 bits per heavy atom. The monoisotopic (exact) mass is 376 g/mol. The number of fused-ring (bicyclic) bond motifs is 5. The summed E-state index contributed by atoms with van der Waals surface area (Å²) >= 11 is 0. The summed E-state index contributed by atoms with van der Waals surface area (Å²) in [6, 6.07) is 9.66. The topological polar surface area (TPSA) is 65.7 Å². The van der Waals surface area contributed by atoms with Crippen LogP contribution in [0, 0.1) is 6.92 Å². The molecule has 0 saturated heterocycles. The molecule has 1 aromatic heterocycles. The van der Waals surface area contributed by atoms with Crippen LogP contribution in [0.15, 0.2) is 39.5 Å². The van der Waals surface area contributed by atoms with Gasteiger partial charge in [-0.05, 0) is 49.4 Å². The van der Waals surface area contributed by atoms with E-state index < -0.39 is 0 Å². The summed E-state index contributed by atoms with van der Waals surface area (Å²) in [4.78, 5) is 24.9. The van der Waals surface area contributed by atoms with Gasteiger partial charge in [-0.2, -0.15) is 0 Å². The zero-order chi connectivity index (χ0) is 19.4. The van der Waals surface area contributed by atoms with E-state index in [9.17, 15) is 9.59 Å². The minimum Gasteiger partial charge on any atom is -0.496 e.